The van der Waals surface area contributed by atoms with Crippen LogP contribution in [0.15, 0.2) is 60.8 Å². The summed E-state index contributed by atoms with van der Waals surface area (Å²) in [6.45, 7) is 4.74. The smallest absolute Gasteiger partial charge is 0.387 e. The van der Waals surface area contributed by atoms with Gasteiger partial charge in [0.05, 0.1) is 39.9 Å². The number of phosphoric ester groups is 1. The molecule has 0 saturated heterocycles. The molecule has 61 heavy (non-hydrogen) atoms. The van der Waals surface area contributed by atoms with Gasteiger partial charge in [0.1, 0.15) is 13.2 Å². The number of amides is 1. The second kappa shape index (κ2) is 43.5. The topological polar surface area (TPSA) is 105 Å². The molecule has 0 heterocycles. The molecule has 0 aromatic rings. The van der Waals surface area contributed by atoms with Gasteiger partial charge < -0.3 is 19.8 Å². The van der Waals surface area contributed by atoms with Crippen molar-refractivity contribution in [2.45, 2.75) is 225 Å². The first-order valence-corrected chi connectivity index (χ1v) is 26.7. The number of rotatable bonds is 45. The molecule has 0 aliphatic rings. The van der Waals surface area contributed by atoms with Crippen molar-refractivity contribution in [3.63, 3.8) is 0 Å². The Morgan fingerprint density at radius 2 is 0.951 bits per heavy atom. The third kappa shape index (κ3) is 46.0. The Labute approximate surface area is 377 Å². The molecule has 1 amide bonds. The minimum atomic E-state index is -4.34. The van der Waals surface area contributed by atoms with E-state index in [9.17, 15) is 19.4 Å². The molecule has 8 nitrogen and oxygen atoms in total. The second-order valence-electron chi connectivity index (χ2n) is 18.2. The summed E-state index contributed by atoms with van der Waals surface area (Å²) in [5.74, 6) is -0.191. The number of aliphatic hydroxyl groups is 1. The summed E-state index contributed by atoms with van der Waals surface area (Å²) in [7, 11) is 1.55. The van der Waals surface area contributed by atoms with Crippen molar-refractivity contribution in [2.75, 3.05) is 40.9 Å². The van der Waals surface area contributed by atoms with E-state index >= 15 is 0 Å². The average Bonchev–Trinajstić information content (AvgIpc) is 3.21. The fourth-order valence-electron chi connectivity index (χ4n) is 6.95. The summed E-state index contributed by atoms with van der Waals surface area (Å²) in [6, 6.07) is -0.863. The van der Waals surface area contributed by atoms with Gasteiger partial charge in [-0.2, -0.15) is 0 Å². The van der Waals surface area contributed by atoms with Crippen LogP contribution in [-0.4, -0.2) is 73.4 Å². The lowest BCUT2D eigenvalue weighted by atomic mass is 10.0. The molecule has 3 N–H and O–H groups in total. The number of carbonyl (C=O) groups is 1. The van der Waals surface area contributed by atoms with Crippen molar-refractivity contribution < 1.29 is 32.9 Å². The van der Waals surface area contributed by atoms with Crippen molar-refractivity contribution in [2.24, 2.45) is 0 Å². The average molecular weight is 878 g/mol. The van der Waals surface area contributed by atoms with Crippen molar-refractivity contribution >= 4 is 13.7 Å². The molecule has 0 radical (unpaired) electrons. The van der Waals surface area contributed by atoms with E-state index in [1.54, 1.807) is 6.08 Å². The number of likely N-dealkylation sites (N-methyl/N-ethyl adjacent to an activating group) is 1. The molecule has 0 saturated carbocycles. The van der Waals surface area contributed by atoms with E-state index in [2.05, 4.69) is 67.8 Å². The number of allylic oxidation sites excluding steroid dienone is 9. The third-order valence-electron chi connectivity index (χ3n) is 11.0. The molecule has 0 spiro atoms. The number of nitrogens with zero attached hydrogens (tertiary/aromatic N) is 1. The van der Waals surface area contributed by atoms with Crippen LogP contribution in [-0.2, 0) is 18.4 Å². The molecule has 0 aliphatic carbocycles. The molecule has 9 heteroatoms. The highest BCUT2D eigenvalue weighted by Gasteiger charge is 2.27. The molecule has 0 fully saturated rings. The number of unbranched alkanes of at least 4 members (excludes halogenated alkanes) is 24. The lowest BCUT2D eigenvalue weighted by molar-refractivity contribution is -0.870. The lowest BCUT2D eigenvalue weighted by Crippen LogP contribution is -2.45. The van der Waals surface area contributed by atoms with E-state index in [-0.39, 0.29) is 19.1 Å². The minimum absolute atomic E-state index is 0.0543. The number of carbonyl (C=O) groups excluding carboxylic acids is 1. The van der Waals surface area contributed by atoms with E-state index in [0.717, 1.165) is 51.4 Å². The zero-order valence-electron chi connectivity index (χ0n) is 40.4. The SMILES string of the molecule is CCCCCC/C=C/CC/C=C/C(O)C(COP(=O)(O)OCC[N+](C)(C)C)NC(=O)CCCCCCCCCCCCCCCC/C=C\C/C=C\C/C=C\CCCCCCC. The fourth-order valence-corrected chi connectivity index (χ4v) is 7.68. The van der Waals surface area contributed by atoms with E-state index < -0.39 is 20.0 Å². The molecule has 0 aliphatic heterocycles. The number of quaternary nitrogens is 1. The zero-order chi connectivity index (χ0) is 45.0. The highest BCUT2D eigenvalue weighted by atomic mass is 31.2. The maximum Gasteiger partial charge on any atom is 0.472 e. The van der Waals surface area contributed by atoms with Gasteiger partial charge in [0.15, 0.2) is 0 Å². The van der Waals surface area contributed by atoms with Crippen molar-refractivity contribution in [3.05, 3.63) is 60.8 Å². The Hall–Kier alpha value is -1.80. The van der Waals surface area contributed by atoms with Gasteiger partial charge in [-0.05, 0) is 70.6 Å². The summed E-state index contributed by atoms with van der Waals surface area (Å²) in [5.41, 5.74) is 0. The number of phosphoric acid groups is 1. The normalized spacial score (nSPS) is 14.7. The number of hydrogen-bond donors (Lipinski definition) is 3. The van der Waals surface area contributed by atoms with Crippen LogP contribution < -0.4 is 5.32 Å². The van der Waals surface area contributed by atoms with Crippen LogP contribution in [0.3, 0.4) is 0 Å². The standard InChI is InChI=1S/C52H97N2O6P/c1-6-8-10-12-14-16-18-19-20-21-22-23-24-25-26-27-28-29-30-31-32-33-34-35-36-38-40-42-44-46-52(56)53-50(49-60-61(57,58)59-48-47-54(3,4)5)51(55)45-43-41-39-37-17-15-13-11-9-7-2/h17-19,21-22,24-25,37,43,45,50-51,55H,6-16,20,23,26-36,38-42,44,46-49H2,1-5H3,(H-,53,56,57,58)/p+1/b19-18-,22-21-,25-24-,37-17+,45-43+. The number of hydrogen-bond acceptors (Lipinski definition) is 5. The van der Waals surface area contributed by atoms with Crippen LogP contribution in [0.4, 0.5) is 0 Å². The van der Waals surface area contributed by atoms with Crippen LogP contribution in [0.1, 0.15) is 213 Å². The van der Waals surface area contributed by atoms with Gasteiger partial charge in [-0.15, -0.1) is 0 Å². The molecule has 0 aromatic heterocycles. The predicted molar refractivity (Wildman–Crippen MR) is 263 cm³/mol. The predicted octanol–water partition coefficient (Wildman–Crippen LogP) is 14.6. The summed E-state index contributed by atoms with van der Waals surface area (Å²) in [6.07, 6.45) is 57.5. The third-order valence-corrected chi connectivity index (χ3v) is 11.9. The van der Waals surface area contributed by atoms with E-state index in [1.807, 2.05) is 27.2 Å². The minimum Gasteiger partial charge on any atom is -0.387 e. The molecule has 3 unspecified atom stereocenters. The first kappa shape index (κ1) is 59.2. The number of aliphatic hydroxyl groups excluding tert-OH is 1. The highest BCUT2D eigenvalue weighted by molar-refractivity contribution is 7.47. The van der Waals surface area contributed by atoms with Gasteiger partial charge >= 0.3 is 7.82 Å². The van der Waals surface area contributed by atoms with Gasteiger partial charge in [0, 0.05) is 6.42 Å². The summed E-state index contributed by atoms with van der Waals surface area (Å²) >= 11 is 0. The van der Waals surface area contributed by atoms with Crippen molar-refractivity contribution in [1.29, 1.82) is 0 Å². The first-order chi connectivity index (χ1) is 29.5. The van der Waals surface area contributed by atoms with Gasteiger partial charge in [-0.1, -0.05) is 197 Å². The van der Waals surface area contributed by atoms with Gasteiger partial charge in [0.25, 0.3) is 0 Å². The highest BCUT2D eigenvalue weighted by Crippen LogP contribution is 2.43. The summed E-state index contributed by atoms with van der Waals surface area (Å²) in [5, 5.41) is 13.8. The van der Waals surface area contributed by atoms with Crippen LogP contribution in [0.5, 0.6) is 0 Å². The Bertz CT molecular complexity index is 1180. The monoisotopic (exact) mass is 878 g/mol. The Morgan fingerprint density at radius 3 is 1.44 bits per heavy atom. The van der Waals surface area contributed by atoms with Crippen LogP contribution in [0.25, 0.3) is 0 Å². The lowest BCUT2D eigenvalue weighted by Gasteiger charge is -2.25. The quantitative estimate of drug-likeness (QED) is 0.0244. The van der Waals surface area contributed by atoms with Crippen LogP contribution in [0.2, 0.25) is 0 Å². The Morgan fingerprint density at radius 1 is 0.557 bits per heavy atom. The summed E-state index contributed by atoms with van der Waals surface area (Å²) in [4.78, 5) is 23.1. The Balaban J connectivity index is 4.11. The first-order valence-electron chi connectivity index (χ1n) is 25.2. The second-order valence-corrected chi connectivity index (χ2v) is 19.6. The van der Waals surface area contributed by atoms with Crippen LogP contribution in [0, 0.1) is 0 Å². The molecule has 0 bridgehead atoms. The maximum absolute atomic E-state index is 12.9. The number of nitrogens with one attached hydrogen (secondary N) is 1. The molecular weight excluding hydrogens is 780 g/mol. The van der Waals surface area contributed by atoms with Crippen molar-refractivity contribution in [1.82, 2.24) is 5.32 Å². The zero-order valence-corrected chi connectivity index (χ0v) is 41.3. The van der Waals surface area contributed by atoms with Gasteiger partial charge in [-0.3, -0.25) is 13.8 Å². The van der Waals surface area contributed by atoms with Gasteiger partial charge in [-0.25, -0.2) is 4.57 Å². The fraction of sp³-hybridized carbons (Fsp3) is 0.788. The molecule has 0 aromatic carbocycles. The molecule has 0 rings (SSSR count). The van der Waals surface area contributed by atoms with Crippen molar-refractivity contribution in [3.8, 4) is 0 Å². The Kier molecular flexibility index (Phi) is 42.2. The maximum atomic E-state index is 12.9. The largest absolute Gasteiger partial charge is 0.472 e. The van der Waals surface area contributed by atoms with E-state index in [0.29, 0.717) is 17.4 Å². The van der Waals surface area contributed by atoms with E-state index in [1.165, 1.54) is 141 Å². The molecule has 356 valence electrons. The summed E-state index contributed by atoms with van der Waals surface area (Å²) < 4.78 is 23.5. The van der Waals surface area contributed by atoms with E-state index in [4.69, 9.17) is 9.05 Å². The molecule has 3 atom stereocenters. The van der Waals surface area contributed by atoms with Gasteiger partial charge in [0.2, 0.25) is 5.91 Å². The molecular formula is C52H98N2O6P+. The van der Waals surface area contributed by atoms with Crippen LogP contribution >= 0.6 is 7.82 Å².